The molecular weight excluding hydrogens is 1950 g/mol. The number of nitrogen functional groups attached to an aromatic ring is 1. The average molecular weight is 2060 g/mol. The highest BCUT2D eigenvalue weighted by Gasteiger charge is 2.42. The highest BCUT2D eigenvalue weighted by molar-refractivity contribution is 8.01. The summed E-state index contributed by atoms with van der Waals surface area (Å²) in [7, 11) is -15.7. The fraction of sp³-hybridized carbons (Fsp3) is 0.389. The number of amides is 8. The molecule has 4 aliphatic rings. The summed E-state index contributed by atoms with van der Waals surface area (Å²) < 4.78 is 115. The number of anilines is 3. The van der Waals surface area contributed by atoms with Crippen LogP contribution in [0.5, 0.6) is 0 Å². The van der Waals surface area contributed by atoms with Gasteiger partial charge < -0.3 is 76.2 Å². The first-order chi connectivity index (χ1) is 66.7. The van der Waals surface area contributed by atoms with Gasteiger partial charge in [-0.05, 0) is 146 Å². The zero-order valence-electron chi connectivity index (χ0n) is 78.8. The number of benzene rings is 4. The van der Waals surface area contributed by atoms with Gasteiger partial charge in [0.25, 0.3) is 21.6 Å². The number of rotatable bonds is 50. The van der Waals surface area contributed by atoms with Crippen molar-refractivity contribution in [2.75, 3.05) is 79.9 Å². The Bertz CT molecular complexity index is 6720. The molecule has 1 saturated heterocycles. The molecule has 750 valence electrons. The number of carboxylic acid groups (broad SMARTS) is 3. The number of imide groups is 1. The van der Waals surface area contributed by atoms with Gasteiger partial charge in [-0.25, -0.2) is 47.2 Å². The van der Waals surface area contributed by atoms with E-state index in [4.69, 9.17) is 14.3 Å². The van der Waals surface area contributed by atoms with Gasteiger partial charge in [-0.1, -0.05) is 17.8 Å². The second-order valence-corrected chi connectivity index (χ2v) is 48.9. The number of nitrogens with two attached hydrogens (primary N) is 1. The number of allylic oxidation sites excluding steroid dienone is 2. The molecule has 8 amide bonds. The summed E-state index contributed by atoms with van der Waals surface area (Å²) in [5, 5.41) is 48.7. The van der Waals surface area contributed by atoms with Crippen LogP contribution in [-0.4, -0.2) is 269 Å². The number of aromatic nitrogens is 7. The number of thioether (sulfide) groups is 2. The number of nitrogens with zero attached hydrogens (tertiary/aromatic N) is 10. The molecule has 51 heteroatoms. The number of aliphatic carboxylic acids is 3. The molecule has 15 N–H and O–H groups in total. The molecule has 0 bridgehead atoms. The predicted octanol–water partition coefficient (Wildman–Crippen LogP) is 5.43. The van der Waals surface area contributed by atoms with Crippen molar-refractivity contribution in [1.29, 1.82) is 0 Å². The number of H-pyrrole nitrogens is 1. The van der Waals surface area contributed by atoms with Crippen LogP contribution in [0.15, 0.2) is 152 Å². The molecule has 11 rings (SSSR count). The third-order valence-corrected chi connectivity index (χ3v) is 36.6. The molecule has 5 atom stereocenters. The Hall–Kier alpha value is -13.3. The van der Waals surface area contributed by atoms with Crippen LogP contribution in [0.3, 0.4) is 0 Å². The van der Waals surface area contributed by atoms with Crippen LogP contribution in [-0.2, 0) is 91.7 Å². The Morgan fingerprint density at radius 1 is 0.766 bits per heavy atom. The van der Waals surface area contributed by atoms with Gasteiger partial charge in [0.1, 0.15) is 60.5 Å². The van der Waals surface area contributed by atoms with E-state index >= 15 is 0 Å². The normalized spacial score (nSPS) is 14.6. The quantitative estimate of drug-likeness (QED) is 0.00330. The summed E-state index contributed by atoms with van der Waals surface area (Å²) in [5.74, 6) is -12.6. The van der Waals surface area contributed by atoms with Gasteiger partial charge in [0.15, 0.2) is 38.7 Å². The minimum Gasteiger partial charge on any atom is -0.481 e. The van der Waals surface area contributed by atoms with Crippen LogP contribution in [0, 0.1) is 0 Å². The van der Waals surface area contributed by atoms with Gasteiger partial charge in [-0.15, -0.1) is 11.8 Å². The Balaban J connectivity index is 0.652. The molecular formula is C90H111BF2N20O22S4Si2+2. The number of nitrogens with one attached hydrogen (secondary N) is 9. The minimum absolute atomic E-state index is 0.0224. The molecule has 1 unspecified atom stereocenters. The van der Waals surface area contributed by atoms with E-state index in [1.165, 1.54) is 85.0 Å². The van der Waals surface area contributed by atoms with E-state index in [1.54, 1.807) is 23.8 Å². The van der Waals surface area contributed by atoms with Crippen LogP contribution < -0.4 is 68.1 Å². The Morgan fingerprint density at radius 3 is 2.11 bits per heavy atom. The smallest absolute Gasteiger partial charge is 0.481 e. The second-order valence-electron chi connectivity index (χ2n) is 34.3. The molecule has 7 aromatic rings. The van der Waals surface area contributed by atoms with Gasteiger partial charge in [-0.2, -0.15) is 18.0 Å². The van der Waals surface area contributed by atoms with Crippen molar-refractivity contribution >= 4 is 184 Å². The van der Waals surface area contributed by atoms with Crippen molar-refractivity contribution in [1.82, 2.24) is 80.5 Å². The number of likely N-dealkylation sites (tertiary alicyclic amines) is 1. The fourth-order valence-electron chi connectivity index (χ4n) is 15.8. The summed E-state index contributed by atoms with van der Waals surface area (Å²) >= 11 is 2.01. The topological polar surface area (TPSA) is 596 Å². The van der Waals surface area contributed by atoms with Crippen LogP contribution in [0.4, 0.5) is 26.0 Å². The number of carboxylic acids is 3. The maximum absolute atomic E-state index is 14.7. The lowest BCUT2D eigenvalue weighted by atomic mass is 9.93. The Morgan fingerprint density at radius 2 is 1.45 bits per heavy atom. The second kappa shape index (κ2) is 47.8. The lowest BCUT2D eigenvalue weighted by Gasteiger charge is -2.33. The minimum atomic E-state index is -5.07. The van der Waals surface area contributed by atoms with E-state index in [0.29, 0.717) is 116 Å². The molecule has 3 aromatic carbocycles. The van der Waals surface area contributed by atoms with Crippen molar-refractivity contribution in [3.05, 3.63) is 171 Å². The van der Waals surface area contributed by atoms with Crippen LogP contribution in [0.1, 0.15) is 113 Å². The molecule has 0 radical (unpaired) electrons. The van der Waals surface area contributed by atoms with E-state index in [0.717, 1.165) is 27.7 Å². The number of sulfonamides is 1. The van der Waals surface area contributed by atoms with Crippen molar-refractivity contribution in [3.63, 3.8) is 0 Å². The number of fused-ring (bicyclic) bond motifs is 3. The lowest BCUT2D eigenvalue weighted by molar-refractivity contribution is -0.433. The molecule has 4 aromatic heterocycles. The van der Waals surface area contributed by atoms with E-state index in [-0.39, 0.29) is 84.6 Å². The van der Waals surface area contributed by atoms with E-state index < -0.39 is 193 Å². The maximum atomic E-state index is 14.7. The number of carbonyl (C=O) groups excluding carboxylic acids is 8. The molecule has 3 aliphatic heterocycles. The third kappa shape index (κ3) is 29.0. The van der Waals surface area contributed by atoms with Gasteiger partial charge >= 0.3 is 25.3 Å². The lowest BCUT2D eigenvalue weighted by Crippen LogP contribution is -2.59. The Kier molecular flexibility index (Phi) is 36.6. The molecule has 1 aliphatic carbocycles. The first-order valence-corrected chi connectivity index (χ1v) is 56.2. The van der Waals surface area contributed by atoms with Crippen molar-refractivity contribution < 1.29 is 111 Å². The summed E-state index contributed by atoms with van der Waals surface area (Å²) in [4.78, 5) is 185. The SMILES string of the molecule is CCN(CC)c1ccc2c(-c3ccc(S(=O)(=O)NCCNC(=O)CCC[Si](C)(C)O[Si](C)(C)CSc4ncc(CN5C(=O)CC(SC[C@H](NC(=O)[C@H](CNC(=O)CCc6ccc(/C=C7/C=CC(C)=[N+]7C)n6B(F)F)NC(=O)[C@H](CC(=O)O)NC(=O)CC[C@H](NC(=O)c6ccc(NCc7cnc8nc(N)[nH]c(=O)c8n7)cc6)C(=O)O)C(=O)O)C5=O)cn4)cc3S(=O)(=O)O)c3ccc(=[N+](CC)CC)cc-3oc2c1. The molecule has 141 heavy (non-hydrogen) atoms. The monoisotopic (exact) mass is 2060 g/mol. The number of aryl methyl sites for hydroxylation is 1. The molecule has 42 nitrogen and oxygen atoms in total. The van der Waals surface area contributed by atoms with E-state index in [1.807, 2.05) is 97.2 Å². The van der Waals surface area contributed by atoms with Crippen LogP contribution in [0.25, 0.3) is 50.7 Å². The zero-order chi connectivity index (χ0) is 103. The Labute approximate surface area is 820 Å². The van der Waals surface area contributed by atoms with Crippen LogP contribution in [0.2, 0.25) is 32.2 Å². The van der Waals surface area contributed by atoms with Crippen molar-refractivity contribution in [2.45, 2.75) is 176 Å². The summed E-state index contributed by atoms with van der Waals surface area (Å²) in [5.41, 5.74) is 9.94. The highest BCUT2D eigenvalue weighted by Crippen LogP contribution is 2.44. The number of hydrogen-bond donors (Lipinski definition) is 14. The van der Waals surface area contributed by atoms with E-state index in [2.05, 4.69) is 81.3 Å². The zero-order valence-corrected chi connectivity index (χ0v) is 84.1. The first kappa shape index (κ1) is 108. The van der Waals surface area contributed by atoms with Gasteiger partial charge in [-0.3, -0.25) is 71.0 Å². The van der Waals surface area contributed by atoms with Crippen molar-refractivity contribution in [3.8, 4) is 22.5 Å². The standard InChI is InChI=1S/C90H109BF2N20O22S4Si2/c1-11-110(12-2)59-25-29-63-70(39-59)134-71-40-60(111(13-3)14-4)26-30-64(71)79(63)65-31-28-62(41-73(65)139(131,132)133)138(129,130)101-36-35-95-74(114)16-15-37-140(7,8)135-141(9,10)51-137-90-99-44-53(45-100-90)49-112-77(117)43-72(86(112)124)136-50-69(88(127)128)106-84(122)68(48-97-75(115)33-27-57-23-24-61(113(57)91(92)93)38-58-22-17-52(5)109(58)6)105-83(121)67(42-78(118)119)103-76(116)34-32-66(87(125)126)104-82(120)54-18-20-55(21-19-54)96-46-56-47-98-81-80(102-56)85(123)108-89(94)107-81/h17-26,28-31,38-41,44-45,47,66-69,72,101H,11-16,27,32-37,42-43,46,48-51H2,1-10H3,(H12-2,94,95,96,97,98,103,104,105,106,107,108,114,115,116,118,119,120,121,122,123,125,126,127,128,131,132,133)/p+2/t66-,67-,68-,69-,72?/m0/s1. The molecule has 0 spiro atoms. The fourth-order valence-corrected chi connectivity index (χ4v) is 29.2. The van der Waals surface area contributed by atoms with Crippen LogP contribution >= 0.6 is 23.5 Å². The average Bonchev–Trinajstić information content (AvgIpc) is 1.39. The number of aromatic amines is 1. The summed E-state index contributed by atoms with van der Waals surface area (Å²) in [6.45, 7) is 19.4. The molecule has 7 heterocycles. The number of halogens is 2. The summed E-state index contributed by atoms with van der Waals surface area (Å²) in [6.07, 6.45) is 6.06. The third-order valence-electron chi connectivity index (χ3n) is 23.2. The van der Waals surface area contributed by atoms with E-state index in [9.17, 15) is 103 Å². The highest BCUT2D eigenvalue weighted by atomic mass is 32.2. The van der Waals surface area contributed by atoms with Crippen molar-refractivity contribution in [2.24, 2.45) is 0 Å². The number of likely N-dealkylation sites (N-methyl/N-ethyl adjacent to an activating group) is 1. The molecule has 0 saturated carbocycles. The number of hydrogen-bond acceptors (Lipinski definition) is 28. The molecule has 1 fully saturated rings. The van der Waals surface area contributed by atoms with Gasteiger partial charge in [0.05, 0.1) is 47.6 Å². The van der Waals surface area contributed by atoms with Gasteiger partial charge in [0, 0.05) is 175 Å². The largest absolute Gasteiger partial charge is 0.677 e. The predicted molar refractivity (Wildman–Crippen MR) is 529 cm³/mol. The number of carbonyl (C=O) groups is 11. The maximum Gasteiger partial charge on any atom is 0.677 e. The summed E-state index contributed by atoms with van der Waals surface area (Å²) in [6, 6.07) is 16.0. The first-order valence-electron chi connectivity index (χ1n) is 45.0. The van der Waals surface area contributed by atoms with Gasteiger partial charge in [0.2, 0.25) is 68.4 Å².